The van der Waals surface area contributed by atoms with Gasteiger partial charge >= 0.3 is 5.97 Å². The fourth-order valence-electron chi connectivity index (χ4n) is 3.77. The maximum atomic E-state index is 13.1. The van der Waals surface area contributed by atoms with Gasteiger partial charge in [-0.05, 0) is 55.4 Å². The van der Waals surface area contributed by atoms with Gasteiger partial charge in [0.05, 0.1) is 11.1 Å². The Labute approximate surface area is 154 Å². The van der Waals surface area contributed by atoms with E-state index in [1.54, 1.807) is 0 Å². The summed E-state index contributed by atoms with van der Waals surface area (Å²) in [6, 6.07) is 15.9. The first-order valence-electron chi connectivity index (χ1n) is 9.36. The zero-order chi connectivity index (χ0) is 17.9. The number of nitrogens with zero attached hydrogens (tertiary/aromatic N) is 1. The molecule has 0 radical (unpaired) electrons. The number of aryl methyl sites for hydroxylation is 2. The van der Waals surface area contributed by atoms with Gasteiger partial charge < -0.3 is 4.74 Å². The van der Waals surface area contributed by atoms with Crippen LogP contribution in [0.4, 0.5) is 0 Å². The third-order valence-electron chi connectivity index (χ3n) is 5.24. The van der Waals surface area contributed by atoms with E-state index in [2.05, 4.69) is 0 Å². The van der Waals surface area contributed by atoms with E-state index in [1.807, 2.05) is 55.5 Å². The van der Waals surface area contributed by atoms with Crippen molar-refractivity contribution >= 4 is 16.9 Å². The molecule has 0 aliphatic heterocycles. The second kappa shape index (κ2) is 7.28. The highest BCUT2D eigenvalue weighted by atomic mass is 16.5. The quantitative estimate of drug-likeness (QED) is 0.486. The molecule has 1 aliphatic rings. The molecule has 0 unspecified atom stereocenters. The van der Waals surface area contributed by atoms with Gasteiger partial charge in [0.2, 0.25) is 0 Å². The van der Waals surface area contributed by atoms with E-state index in [0.717, 1.165) is 64.5 Å². The van der Waals surface area contributed by atoms with Crippen molar-refractivity contribution in [3.63, 3.8) is 0 Å². The predicted molar refractivity (Wildman–Crippen MR) is 103 cm³/mol. The molecule has 26 heavy (non-hydrogen) atoms. The largest absolute Gasteiger partial charge is 0.457 e. The van der Waals surface area contributed by atoms with Crippen molar-refractivity contribution in [2.75, 3.05) is 0 Å². The smallest absolute Gasteiger partial charge is 0.339 e. The van der Waals surface area contributed by atoms with Gasteiger partial charge in [-0.2, -0.15) is 0 Å². The van der Waals surface area contributed by atoms with Crippen LogP contribution in [0.3, 0.4) is 0 Å². The van der Waals surface area contributed by atoms with Gasteiger partial charge in [0.15, 0.2) is 0 Å². The van der Waals surface area contributed by atoms with Crippen molar-refractivity contribution in [2.24, 2.45) is 0 Å². The molecule has 1 aliphatic carbocycles. The van der Waals surface area contributed by atoms with E-state index in [4.69, 9.17) is 9.72 Å². The molecule has 132 valence electrons. The van der Waals surface area contributed by atoms with Crippen molar-refractivity contribution in [2.45, 2.75) is 45.6 Å². The van der Waals surface area contributed by atoms with E-state index < -0.39 is 0 Å². The molecular formula is C23H23NO2. The van der Waals surface area contributed by atoms with E-state index in [-0.39, 0.29) is 5.97 Å². The highest BCUT2D eigenvalue weighted by Crippen LogP contribution is 2.29. The molecular weight excluding hydrogens is 322 g/mol. The van der Waals surface area contributed by atoms with Crippen molar-refractivity contribution < 1.29 is 9.53 Å². The van der Waals surface area contributed by atoms with Gasteiger partial charge in [-0.3, -0.25) is 4.98 Å². The summed E-state index contributed by atoms with van der Waals surface area (Å²) in [6.07, 6.45) is 5.27. The first-order chi connectivity index (χ1) is 12.7. The molecule has 2 aromatic carbocycles. The monoisotopic (exact) mass is 345 g/mol. The first-order valence-corrected chi connectivity index (χ1v) is 9.36. The van der Waals surface area contributed by atoms with Crippen LogP contribution < -0.4 is 0 Å². The molecule has 0 atom stereocenters. The third kappa shape index (κ3) is 3.22. The lowest BCUT2D eigenvalue weighted by molar-refractivity contribution is 0.0473. The summed E-state index contributed by atoms with van der Waals surface area (Å²) in [5.74, 6) is -0.231. The normalized spacial score (nSPS) is 13.9. The van der Waals surface area contributed by atoms with E-state index in [0.29, 0.717) is 6.61 Å². The highest BCUT2D eigenvalue weighted by molar-refractivity contribution is 6.05. The predicted octanol–water partition coefficient (Wildman–Crippen LogP) is 5.17. The molecule has 1 aromatic heterocycles. The van der Waals surface area contributed by atoms with Gasteiger partial charge in [0, 0.05) is 11.1 Å². The summed E-state index contributed by atoms with van der Waals surface area (Å²) in [4.78, 5) is 17.9. The molecule has 0 saturated carbocycles. The van der Waals surface area contributed by atoms with Crippen molar-refractivity contribution in [1.29, 1.82) is 0 Å². The number of fused-ring (bicyclic) bond motifs is 2. The number of hydrogen-bond donors (Lipinski definition) is 0. The van der Waals surface area contributed by atoms with Crippen molar-refractivity contribution in [1.82, 2.24) is 4.98 Å². The fourth-order valence-corrected chi connectivity index (χ4v) is 3.77. The van der Waals surface area contributed by atoms with Crippen LogP contribution in [0.5, 0.6) is 0 Å². The Kier molecular flexibility index (Phi) is 4.70. The summed E-state index contributed by atoms with van der Waals surface area (Å²) in [6.45, 7) is 2.34. The minimum absolute atomic E-state index is 0.231. The number of para-hydroxylation sites is 1. The number of pyridine rings is 1. The molecule has 1 heterocycles. The third-order valence-corrected chi connectivity index (χ3v) is 5.24. The maximum absolute atomic E-state index is 13.1. The molecule has 3 nitrogen and oxygen atoms in total. The van der Waals surface area contributed by atoms with E-state index in [1.165, 1.54) is 6.42 Å². The second-order valence-electron chi connectivity index (χ2n) is 6.99. The van der Waals surface area contributed by atoms with Crippen LogP contribution in [0, 0.1) is 6.92 Å². The average Bonchev–Trinajstić information content (AvgIpc) is 2.90. The first kappa shape index (κ1) is 16.8. The minimum atomic E-state index is -0.231. The Morgan fingerprint density at radius 2 is 1.77 bits per heavy atom. The average molecular weight is 345 g/mol. The number of benzene rings is 2. The molecule has 4 rings (SSSR count). The second-order valence-corrected chi connectivity index (χ2v) is 6.99. The van der Waals surface area contributed by atoms with Crippen LogP contribution >= 0.6 is 0 Å². The lowest BCUT2D eigenvalue weighted by Crippen LogP contribution is -2.12. The molecule has 3 heteroatoms. The highest BCUT2D eigenvalue weighted by Gasteiger charge is 2.22. The molecule has 0 amide bonds. The summed E-state index contributed by atoms with van der Waals surface area (Å²) >= 11 is 0. The Balaban J connectivity index is 1.73. The fraction of sp³-hybridized carbons (Fsp3) is 0.304. The molecule has 0 spiro atoms. The number of carbonyl (C=O) groups excluding carboxylic acids is 1. The lowest BCUT2D eigenvalue weighted by Gasteiger charge is -2.15. The zero-order valence-electron chi connectivity index (χ0n) is 15.1. The summed E-state index contributed by atoms with van der Waals surface area (Å²) in [7, 11) is 0. The Bertz CT molecular complexity index is 962. The van der Waals surface area contributed by atoms with Gasteiger partial charge in [-0.1, -0.05) is 48.9 Å². The Hall–Kier alpha value is -2.68. The van der Waals surface area contributed by atoms with Crippen LogP contribution in [0.1, 0.15) is 52.0 Å². The molecule has 0 N–H and O–H groups in total. The Morgan fingerprint density at radius 3 is 2.65 bits per heavy atom. The topological polar surface area (TPSA) is 39.2 Å². The molecule has 0 fully saturated rings. The lowest BCUT2D eigenvalue weighted by atomic mass is 9.97. The van der Waals surface area contributed by atoms with Crippen LogP contribution in [0.25, 0.3) is 10.9 Å². The summed E-state index contributed by atoms with van der Waals surface area (Å²) in [5, 5.41) is 0.905. The van der Waals surface area contributed by atoms with E-state index in [9.17, 15) is 4.79 Å². The number of esters is 1. The molecule has 0 saturated heterocycles. The number of aromatic nitrogens is 1. The van der Waals surface area contributed by atoms with E-state index >= 15 is 0 Å². The molecule has 3 aromatic rings. The van der Waals surface area contributed by atoms with Crippen LogP contribution in [0.15, 0.2) is 48.5 Å². The van der Waals surface area contributed by atoms with Crippen LogP contribution in [-0.4, -0.2) is 11.0 Å². The Morgan fingerprint density at radius 1 is 1.00 bits per heavy atom. The van der Waals surface area contributed by atoms with Gasteiger partial charge in [-0.15, -0.1) is 0 Å². The van der Waals surface area contributed by atoms with Gasteiger partial charge in [0.1, 0.15) is 6.61 Å². The number of ether oxygens (including phenoxy) is 1. The summed E-state index contributed by atoms with van der Waals surface area (Å²) in [5.41, 5.74) is 5.96. The maximum Gasteiger partial charge on any atom is 0.339 e. The molecule has 0 bridgehead atoms. The number of carbonyl (C=O) groups is 1. The van der Waals surface area contributed by atoms with Gasteiger partial charge in [-0.25, -0.2) is 4.79 Å². The van der Waals surface area contributed by atoms with Crippen molar-refractivity contribution in [3.8, 4) is 0 Å². The summed E-state index contributed by atoms with van der Waals surface area (Å²) < 4.78 is 5.74. The van der Waals surface area contributed by atoms with Crippen molar-refractivity contribution in [3.05, 3.63) is 76.5 Å². The van der Waals surface area contributed by atoms with Crippen LogP contribution in [-0.2, 0) is 24.2 Å². The number of rotatable bonds is 3. The standard InChI is InChI=1S/C23H23NO2/c1-16-9-5-6-10-17(16)15-26-23(25)22-18-11-3-2-4-13-20(18)24-21-14-8-7-12-19(21)22/h5-10,12,14H,2-4,11,13,15H2,1H3. The number of hydrogen-bond acceptors (Lipinski definition) is 3. The van der Waals surface area contributed by atoms with Gasteiger partial charge in [0.25, 0.3) is 0 Å². The van der Waals surface area contributed by atoms with Crippen LogP contribution in [0.2, 0.25) is 0 Å². The SMILES string of the molecule is Cc1ccccc1COC(=O)c1c2c(nc3ccccc13)CCCCC2. The minimum Gasteiger partial charge on any atom is -0.457 e. The zero-order valence-corrected chi connectivity index (χ0v) is 15.1.